The lowest BCUT2D eigenvalue weighted by Crippen LogP contribution is -2.64. The highest BCUT2D eigenvalue weighted by Gasteiger charge is 2.42. The summed E-state index contributed by atoms with van der Waals surface area (Å²) in [5.41, 5.74) is 2.64. The highest BCUT2D eigenvalue weighted by molar-refractivity contribution is 6.05. The van der Waals surface area contributed by atoms with Crippen LogP contribution in [0, 0.1) is 0 Å². The van der Waals surface area contributed by atoms with Gasteiger partial charge in [0.2, 0.25) is 11.8 Å². The van der Waals surface area contributed by atoms with Crippen molar-refractivity contribution in [2.75, 3.05) is 19.7 Å². The molecule has 0 aromatic heterocycles. The van der Waals surface area contributed by atoms with Gasteiger partial charge < -0.3 is 20.3 Å². The Labute approximate surface area is 169 Å². The lowest BCUT2D eigenvalue weighted by molar-refractivity contribution is -0.136. The van der Waals surface area contributed by atoms with Gasteiger partial charge in [-0.05, 0) is 30.4 Å². The number of amides is 3. The molecule has 0 bridgehead atoms. The Bertz CT molecular complexity index is 856. The number of imide groups is 1. The van der Waals surface area contributed by atoms with Crippen LogP contribution in [0.15, 0.2) is 18.2 Å². The summed E-state index contributed by atoms with van der Waals surface area (Å²) in [5, 5.41) is 9.17. The molecule has 0 saturated carbocycles. The number of nitrogens with zero attached hydrogens (tertiary/aromatic N) is 1. The predicted octanol–water partition coefficient (Wildman–Crippen LogP) is 0.0582. The first-order valence-corrected chi connectivity index (χ1v) is 10.4. The molecule has 5 rings (SSSR count). The topological polar surface area (TPSA) is 99.8 Å². The fraction of sp³-hybridized carbons (Fsp3) is 0.571. The van der Waals surface area contributed by atoms with E-state index in [4.69, 9.17) is 4.74 Å². The van der Waals surface area contributed by atoms with Crippen LogP contribution in [0.4, 0.5) is 0 Å². The van der Waals surface area contributed by atoms with Crippen LogP contribution in [0.1, 0.15) is 47.2 Å². The zero-order chi connectivity index (χ0) is 20.0. The molecule has 4 aliphatic rings. The van der Waals surface area contributed by atoms with Crippen LogP contribution in [-0.4, -0.2) is 60.0 Å². The summed E-state index contributed by atoms with van der Waals surface area (Å²) < 4.78 is 6.06. The summed E-state index contributed by atoms with van der Waals surface area (Å²) in [6.45, 7) is 3.58. The molecule has 3 N–H and O–H groups in total. The van der Waals surface area contributed by atoms with E-state index in [1.54, 1.807) is 4.90 Å². The number of rotatable bonds is 4. The first-order valence-electron chi connectivity index (χ1n) is 10.4. The summed E-state index contributed by atoms with van der Waals surface area (Å²) in [6, 6.07) is 5.58. The Morgan fingerprint density at radius 1 is 1.21 bits per heavy atom. The molecule has 0 radical (unpaired) electrons. The van der Waals surface area contributed by atoms with Gasteiger partial charge in [-0.1, -0.05) is 18.2 Å². The Kier molecular flexibility index (Phi) is 4.64. The first kappa shape index (κ1) is 18.7. The summed E-state index contributed by atoms with van der Waals surface area (Å²) in [6.07, 6.45) is 2.76. The van der Waals surface area contributed by atoms with Crippen molar-refractivity contribution in [1.82, 2.24) is 20.9 Å². The Morgan fingerprint density at radius 2 is 2.07 bits per heavy atom. The molecule has 2 atom stereocenters. The number of carbonyl (C=O) groups excluding carboxylic acids is 3. The zero-order valence-electron chi connectivity index (χ0n) is 16.3. The zero-order valence-corrected chi connectivity index (χ0v) is 16.3. The molecule has 3 saturated heterocycles. The average Bonchev–Trinajstić information content (AvgIpc) is 3.03. The summed E-state index contributed by atoms with van der Waals surface area (Å²) in [4.78, 5) is 38.4. The van der Waals surface area contributed by atoms with Crippen LogP contribution in [0.25, 0.3) is 0 Å². The van der Waals surface area contributed by atoms with E-state index in [1.165, 1.54) is 0 Å². The van der Waals surface area contributed by atoms with Gasteiger partial charge in [0.15, 0.2) is 0 Å². The van der Waals surface area contributed by atoms with E-state index in [0.29, 0.717) is 31.7 Å². The van der Waals surface area contributed by atoms with E-state index < -0.39 is 6.04 Å². The number of nitrogens with one attached hydrogen (secondary N) is 3. The van der Waals surface area contributed by atoms with Crippen LogP contribution in [0.3, 0.4) is 0 Å². The fourth-order valence-corrected chi connectivity index (χ4v) is 4.81. The number of piperidine rings is 1. The Balaban J connectivity index is 1.25. The normalized spacial score (nSPS) is 28.3. The number of benzene rings is 1. The highest BCUT2D eigenvalue weighted by atomic mass is 16.5. The molecule has 4 aliphatic heterocycles. The van der Waals surface area contributed by atoms with Crippen molar-refractivity contribution < 1.29 is 19.1 Å². The number of hydrogen-bond acceptors (Lipinski definition) is 6. The van der Waals surface area contributed by atoms with Gasteiger partial charge in [-0.25, -0.2) is 0 Å². The molecule has 154 valence electrons. The maximum Gasteiger partial charge on any atom is 0.255 e. The summed E-state index contributed by atoms with van der Waals surface area (Å²) in [5.74, 6) is -0.762. The van der Waals surface area contributed by atoms with E-state index in [2.05, 4.69) is 16.0 Å². The molecular weight excluding hydrogens is 372 g/mol. The van der Waals surface area contributed by atoms with Crippen LogP contribution in [0.5, 0.6) is 0 Å². The largest absolute Gasteiger partial charge is 0.371 e. The molecule has 29 heavy (non-hydrogen) atoms. The third kappa shape index (κ3) is 3.35. The third-order valence-corrected chi connectivity index (χ3v) is 6.65. The van der Waals surface area contributed by atoms with Gasteiger partial charge in [0.05, 0.1) is 12.2 Å². The molecule has 8 heteroatoms. The Morgan fingerprint density at radius 3 is 2.76 bits per heavy atom. The summed E-state index contributed by atoms with van der Waals surface area (Å²) >= 11 is 0. The second-order valence-electron chi connectivity index (χ2n) is 8.57. The molecular formula is C21H26N4O4. The second-order valence-corrected chi connectivity index (χ2v) is 8.57. The van der Waals surface area contributed by atoms with E-state index in [1.807, 2.05) is 18.2 Å². The van der Waals surface area contributed by atoms with Gasteiger partial charge in [0, 0.05) is 44.2 Å². The number of ether oxygens (including phenoxy) is 1. The molecule has 3 amide bonds. The van der Waals surface area contributed by atoms with Crippen molar-refractivity contribution in [3.05, 3.63) is 34.9 Å². The molecule has 1 aromatic carbocycles. The highest BCUT2D eigenvalue weighted by Crippen LogP contribution is 2.31. The van der Waals surface area contributed by atoms with E-state index in [9.17, 15) is 14.4 Å². The minimum atomic E-state index is -0.576. The minimum Gasteiger partial charge on any atom is -0.371 e. The van der Waals surface area contributed by atoms with Crippen molar-refractivity contribution in [2.24, 2.45) is 0 Å². The molecule has 4 heterocycles. The van der Waals surface area contributed by atoms with Crippen molar-refractivity contribution in [3.63, 3.8) is 0 Å². The van der Waals surface area contributed by atoms with Gasteiger partial charge in [-0.3, -0.25) is 19.7 Å². The molecule has 0 aliphatic carbocycles. The molecule has 1 spiro atoms. The fourth-order valence-electron chi connectivity index (χ4n) is 4.81. The van der Waals surface area contributed by atoms with E-state index in [-0.39, 0.29) is 35.8 Å². The lowest BCUT2D eigenvalue weighted by Gasteiger charge is -2.47. The molecule has 1 aromatic rings. The third-order valence-electron chi connectivity index (χ3n) is 6.65. The second kappa shape index (κ2) is 7.19. The Hall–Kier alpha value is -2.29. The number of fused-ring (bicyclic) bond motifs is 1. The predicted molar refractivity (Wildman–Crippen MR) is 104 cm³/mol. The monoisotopic (exact) mass is 398 g/mol. The van der Waals surface area contributed by atoms with E-state index >= 15 is 0 Å². The first-order chi connectivity index (χ1) is 14.0. The number of hydrogen-bond donors (Lipinski definition) is 3. The van der Waals surface area contributed by atoms with Crippen molar-refractivity contribution in [1.29, 1.82) is 0 Å². The minimum absolute atomic E-state index is 0.0462. The summed E-state index contributed by atoms with van der Waals surface area (Å²) in [7, 11) is 0. The van der Waals surface area contributed by atoms with Crippen LogP contribution < -0.4 is 16.0 Å². The molecule has 8 nitrogen and oxygen atoms in total. The lowest BCUT2D eigenvalue weighted by atomic mass is 9.87. The van der Waals surface area contributed by atoms with Crippen molar-refractivity contribution in [2.45, 2.75) is 56.5 Å². The van der Waals surface area contributed by atoms with Gasteiger partial charge >= 0.3 is 0 Å². The van der Waals surface area contributed by atoms with E-state index in [0.717, 1.165) is 37.1 Å². The van der Waals surface area contributed by atoms with Gasteiger partial charge in [0.1, 0.15) is 6.04 Å². The maximum atomic E-state index is 13.1. The molecule has 2 unspecified atom stereocenters. The van der Waals surface area contributed by atoms with Crippen molar-refractivity contribution in [3.8, 4) is 0 Å². The van der Waals surface area contributed by atoms with Crippen LogP contribution in [0.2, 0.25) is 0 Å². The van der Waals surface area contributed by atoms with Crippen LogP contribution in [-0.2, 0) is 27.4 Å². The molecule has 3 fully saturated rings. The maximum absolute atomic E-state index is 13.1. The standard InChI is InChI=1S/C21H26N4O4/c26-17-5-4-16(19(27)24-17)25-9-14-3-1-2-13(18(14)20(25)28)8-23-15-6-7-21(29-10-15)11-22-12-21/h1-3,15-16,22-23H,4-12H2,(H,24,26,27). The quantitative estimate of drug-likeness (QED) is 0.621. The van der Waals surface area contributed by atoms with Crippen molar-refractivity contribution >= 4 is 17.7 Å². The van der Waals surface area contributed by atoms with Gasteiger partial charge in [-0.15, -0.1) is 0 Å². The van der Waals surface area contributed by atoms with Gasteiger partial charge in [0.25, 0.3) is 5.91 Å². The smallest absolute Gasteiger partial charge is 0.255 e. The average molecular weight is 398 g/mol. The van der Waals surface area contributed by atoms with Gasteiger partial charge in [-0.2, -0.15) is 0 Å². The number of carbonyl (C=O) groups is 3. The SMILES string of the molecule is O=C1CCC(N2Cc3cccc(CNC4CCC5(CNC5)OC4)c3C2=O)C(=O)N1. The van der Waals surface area contributed by atoms with Crippen LogP contribution >= 0.6 is 0 Å².